The number of hydrogen-bond donors (Lipinski definition) is 1. The van der Waals surface area contributed by atoms with E-state index in [2.05, 4.69) is 0 Å². The normalized spacial score (nSPS) is 17.5. The Bertz CT molecular complexity index is 356. The first-order valence-corrected chi connectivity index (χ1v) is 4.99. The monoisotopic (exact) mass is 251 g/mol. The molecule has 0 aromatic heterocycles. The van der Waals surface area contributed by atoms with E-state index in [1.807, 2.05) is 0 Å². The SMILES string of the molecule is Cl.N[C@@H](c1c(F)cc(F)cc1F)C1CCC1. The topological polar surface area (TPSA) is 26.0 Å². The van der Waals surface area contributed by atoms with Crippen molar-refractivity contribution >= 4 is 12.4 Å². The number of rotatable bonds is 2. The maximum Gasteiger partial charge on any atom is 0.133 e. The minimum absolute atomic E-state index is 0. The summed E-state index contributed by atoms with van der Waals surface area (Å²) in [7, 11) is 0. The fourth-order valence-electron chi connectivity index (χ4n) is 1.91. The number of halogens is 4. The first-order valence-electron chi connectivity index (χ1n) is 4.99. The van der Waals surface area contributed by atoms with Crippen LogP contribution in [-0.2, 0) is 0 Å². The number of hydrogen-bond acceptors (Lipinski definition) is 1. The average Bonchev–Trinajstić information content (AvgIpc) is 1.97. The van der Waals surface area contributed by atoms with Crippen LogP contribution in [0.5, 0.6) is 0 Å². The average molecular weight is 252 g/mol. The Labute approximate surface area is 98.2 Å². The maximum absolute atomic E-state index is 13.3. The van der Waals surface area contributed by atoms with Gasteiger partial charge in [-0.1, -0.05) is 6.42 Å². The molecule has 0 spiro atoms. The third-order valence-corrected chi connectivity index (χ3v) is 3.03. The van der Waals surface area contributed by atoms with Crippen molar-refractivity contribution < 1.29 is 13.2 Å². The van der Waals surface area contributed by atoms with E-state index in [0.29, 0.717) is 12.1 Å². The fourth-order valence-corrected chi connectivity index (χ4v) is 1.91. The molecule has 1 aromatic rings. The van der Waals surface area contributed by atoms with E-state index in [9.17, 15) is 13.2 Å². The molecule has 0 unspecified atom stereocenters. The van der Waals surface area contributed by atoms with Gasteiger partial charge in [0.1, 0.15) is 17.5 Å². The van der Waals surface area contributed by atoms with Crippen LogP contribution in [0.4, 0.5) is 13.2 Å². The summed E-state index contributed by atoms with van der Waals surface area (Å²) in [6.07, 6.45) is 2.82. The quantitative estimate of drug-likeness (QED) is 0.857. The highest BCUT2D eigenvalue weighted by atomic mass is 35.5. The standard InChI is InChI=1S/C11H12F3N.ClH/c12-7-4-8(13)10(9(14)5-7)11(15)6-2-1-3-6;/h4-6,11H,1-3,15H2;1H/t11-;/m1./s1. The predicted octanol–water partition coefficient (Wildman–Crippen LogP) is 3.33. The van der Waals surface area contributed by atoms with Crippen LogP contribution in [0.3, 0.4) is 0 Å². The first-order chi connectivity index (χ1) is 7.09. The summed E-state index contributed by atoms with van der Waals surface area (Å²) < 4.78 is 39.3. The first kappa shape index (κ1) is 13.3. The highest BCUT2D eigenvalue weighted by Gasteiger charge is 2.29. The van der Waals surface area contributed by atoms with Crippen LogP contribution in [0.1, 0.15) is 30.9 Å². The molecule has 16 heavy (non-hydrogen) atoms. The van der Waals surface area contributed by atoms with Crippen molar-refractivity contribution in [3.05, 3.63) is 35.1 Å². The molecule has 1 aromatic carbocycles. The molecule has 1 nitrogen and oxygen atoms in total. The van der Waals surface area contributed by atoms with Gasteiger partial charge in [-0.15, -0.1) is 12.4 Å². The third kappa shape index (κ3) is 2.33. The Hall–Kier alpha value is -0.740. The summed E-state index contributed by atoms with van der Waals surface area (Å²) in [6, 6.07) is 0.702. The lowest BCUT2D eigenvalue weighted by atomic mass is 9.77. The molecule has 0 bridgehead atoms. The molecular weight excluding hydrogens is 239 g/mol. The summed E-state index contributed by atoms with van der Waals surface area (Å²) in [4.78, 5) is 0. The van der Waals surface area contributed by atoms with Crippen molar-refractivity contribution in [3.63, 3.8) is 0 Å². The van der Waals surface area contributed by atoms with Crippen LogP contribution in [0, 0.1) is 23.4 Å². The van der Waals surface area contributed by atoms with E-state index >= 15 is 0 Å². The Kier molecular flexibility index (Phi) is 4.21. The van der Waals surface area contributed by atoms with Crippen LogP contribution in [-0.4, -0.2) is 0 Å². The highest BCUT2D eigenvalue weighted by molar-refractivity contribution is 5.85. The van der Waals surface area contributed by atoms with Crippen molar-refractivity contribution in [3.8, 4) is 0 Å². The van der Waals surface area contributed by atoms with Crippen molar-refractivity contribution in [2.45, 2.75) is 25.3 Å². The molecule has 1 aliphatic rings. The third-order valence-electron chi connectivity index (χ3n) is 3.03. The van der Waals surface area contributed by atoms with Gasteiger partial charge < -0.3 is 5.73 Å². The van der Waals surface area contributed by atoms with Crippen LogP contribution >= 0.6 is 12.4 Å². The molecule has 1 saturated carbocycles. The Morgan fingerprint density at radius 2 is 1.62 bits per heavy atom. The van der Waals surface area contributed by atoms with E-state index in [1.165, 1.54) is 0 Å². The van der Waals surface area contributed by atoms with Gasteiger partial charge in [0.2, 0.25) is 0 Å². The van der Waals surface area contributed by atoms with Crippen LogP contribution < -0.4 is 5.73 Å². The van der Waals surface area contributed by atoms with E-state index < -0.39 is 23.5 Å². The lowest BCUT2D eigenvalue weighted by Gasteiger charge is -2.31. The Balaban J connectivity index is 0.00000128. The second kappa shape index (κ2) is 5.06. The molecule has 0 heterocycles. The molecule has 5 heteroatoms. The van der Waals surface area contributed by atoms with E-state index in [-0.39, 0.29) is 23.9 Å². The zero-order valence-corrected chi connectivity index (χ0v) is 9.37. The molecule has 1 atom stereocenters. The smallest absolute Gasteiger partial charge is 0.133 e. The van der Waals surface area contributed by atoms with Gasteiger partial charge in [-0.2, -0.15) is 0 Å². The van der Waals surface area contributed by atoms with Gasteiger partial charge in [-0.3, -0.25) is 0 Å². The van der Waals surface area contributed by atoms with E-state index in [1.54, 1.807) is 0 Å². The van der Waals surface area contributed by atoms with Crippen molar-refractivity contribution in [1.29, 1.82) is 0 Å². The zero-order valence-electron chi connectivity index (χ0n) is 8.55. The van der Waals surface area contributed by atoms with Gasteiger partial charge in [0.15, 0.2) is 0 Å². The molecule has 0 radical (unpaired) electrons. The van der Waals surface area contributed by atoms with Gasteiger partial charge >= 0.3 is 0 Å². The van der Waals surface area contributed by atoms with E-state index in [0.717, 1.165) is 19.3 Å². The molecular formula is C11H13ClF3N. The van der Waals surface area contributed by atoms with Gasteiger partial charge in [0, 0.05) is 23.7 Å². The Morgan fingerprint density at radius 1 is 1.12 bits per heavy atom. The number of nitrogens with two attached hydrogens (primary N) is 1. The Morgan fingerprint density at radius 3 is 2.00 bits per heavy atom. The predicted molar refractivity (Wildman–Crippen MR) is 57.8 cm³/mol. The van der Waals surface area contributed by atoms with Gasteiger partial charge in [-0.25, -0.2) is 13.2 Å². The van der Waals surface area contributed by atoms with Crippen LogP contribution in [0.15, 0.2) is 12.1 Å². The molecule has 1 fully saturated rings. The van der Waals surface area contributed by atoms with Crippen molar-refractivity contribution in [2.75, 3.05) is 0 Å². The second-order valence-corrected chi connectivity index (χ2v) is 4.00. The molecule has 1 aliphatic carbocycles. The van der Waals surface area contributed by atoms with Crippen LogP contribution in [0.2, 0.25) is 0 Å². The lowest BCUT2D eigenvalue weighted by Crippen LogP contribution is -2.28. The molecule has 90 valence electrons. The van der Waals surface area contributed by atoms with Gasteiger partial charge in [0.05, 0.1) is 0 Å². The molecule has 0 saturated heterocycles. The molecule has 0 amide bonds. The molecule has 0 aliphatic heterocycles. The summed E-state index contributed by atoms with van der Waals surface area (Å²) in [5.74, 6) is -2.55. The molecule has 2 rings (SSSR count). The summed E-state index contributed by atoms with van der Waals surface area (Å²) in [5.41, 5.74) is 5.57. The van der Waals surface area contributed by atoms with Gasteiger partial charge in [0.25, 0.3) is 0 Å². The van der Waals surface area contributed by atoms with E-state index in [4.69, 9.17) is 5.73 Å². The zero-order chi connectivity index (χ0) is 11.0. The summed E-state index contributed by atoms with van der Waals surface area (Å²) in [6.45, 7) is 0. The summed E-state index contributed by atoms with van der Waals surface area (Å²) in [5, 5.41) is 0. The minimum atomic E-state index is -0.908. The molecule has 2 N–H and O–H groups in total. The van der Waals surface area contributed by atoms with Crippen molar-refractivity contribution in [1.82, 2.24) is 0 Å². The van der Waals surface area contributed by atoms with Crippen LogP contribution in [0.25, 0.3) is 0 Å². The largest absolute Gasteiger partial charge is 0.324 e. The highest BCUT2D eigenvalue weighted by Crippen LogP contribution is 2.37. The summed E-state index contributed by atoms with van der Waals surface area (Å²) >= 11 is 0. The number of benzene rings is 1. The maximum atomic E-state index is 13.3. The second-order valence-electron chi connectivity index (χ2n) is 4.00. The van der Waals surface area contributed by atoms with Gasteiger partial charge in [-0.05, 0) is 18.8 Å². The fraction of sp³-hybridized carbons (Fsp3) is 0.455. The van der Waals surface area contributed by atoms with Crippen molar-refractivity contribution in [2.24, 2.45) is 11.7 Å². The minimum Gasteiger partial charge on any atom is -0.324 e. The lowest BCUT2D eigenvalue weighted by molar-refractivity contribution is 0.255.